The lowest BCUT2D eigenvalue weighted by Gasteiger charge is -2.04. The largest absolute Gasteiger partial charge is 0.466 e. The van der Waals surface area contributed by atoms with Crippen molar-refractivity contribution in [3.8, 4) is 0 Å². The lowest BCUT2D eigenvalue weighted by atomic mass is 10.2. The molecule has 0 spiro atoms. The molecular formula is C13H18N2O3. The van der Waals surface area contributed by atoms with Crippen molar-refractivity contribution in [1.29, 1.82) is 0 Å². The first-order valence-corrected chi connectivity index (χ1v) is 6.04. The van der Waals surface area contributed by atoms with Gasteiger partial charge in [0.15, 0.2) is 0 Å². The van der Waals surface area contributed by atoms with Gasteiger partial charge < -0.3 is 10.1 Å². The van der Waals surface area contributed by atoms with Gasteiger partial charge in [-0.2, -0.15) is 0 Å². The predicted octanol–water partition coefficient (Wildman–Crippen LogP) is 1.43. The first kappa shape index (κ1) is 14.2. The number of rotatable bonds is 7. The second-order valence-electron chi connectivity index (χ2n) is 3.76. The normalized spacial score (nSPS) is 9.83. The average Bonchev–Trinajstić information content (AvgIpc) is 2.38. The molecule has 1 aromatic heterocycles. The minimum Gasteiger partial charge on any atom is -0.466 e. The number of nitrogens with zero attached hydrogens (tertiary/aromatic N) is 1. The molecule has 0 fully saturated rings. The third-order valence-electron chi connectivity index (χ3n) is 2.28. The summed E-state index contributed by atoms with van der Waals surface area (Å²) in [6, 6.07) is 5.54. The molecule has 18 heavy (non-hydrogen) atoms. The molecule has 5 nitrogen and oxygen atoms in total. The van der Waals surface area contributed by atoms with Gasteiger partial charge in [-0.3, -0.25) is 14.6 Å². The summed E-state index contributed by atoms with van der Waals surface area (Å²) in [6.07, 6.45) is 2.80. The van der Waals surface area contributed by atoms with Gasteiger partial charge in [0.1, 0.15) is 0 Å². The molecule has 0 aliphatic carbocycles. The Morgan fingerprint density at radius 2 is 2.17 bits per heavy atom. The average molecular weight is 250 g/mol. The van der Waals surface area contributed by atoms with E-state index in [9.17, 15) is 9.59 Å². The minimum atomic E-state index is -0.255. The monoisotopic (exact) mass is 250 g/mol. The maximum absolute atomic E-state index is 11.5. The molecular weight excluding hydrogens is 232 g/mol. The van der Waals surface area contributed by atoms with Crippen LogP contribution in [0.25, 0.3) is 0 Å². The van der Waals surface area contributed by atoms with Crippen LogP contribution in [0.3, 0.4) is 0 Å². The number of pyridine rings is 1. The van der Waals surface area contributed by atoms with Gasteiger partial charge in [0.2, 0.25) is 5.91 Å². The molecule has 1 N–H and O–H groups in total. The number of nitrogens with one attached hydrogen (secondary N) is 1. The van der Waals surface area contributed by atoms with E-state index in [0.29, 0.717) is 26.0 Å². The Morgan fingerprint density at radius 1 is 1.33 bits per heavy atom. The van der Waals surface area contributed by atoms with Crippen LogP contribution in [-0.2, 0) is 20.9 Å². The van der Waals surface area contributed by atoms with E-state index < -0.39 is 0 Å². The molecule has 1 heterocycles. The van der Waals surface area contributed by atoms with Crippen molar-refractivity contribution in [2.45, 2.75) is 32.7 Å². The van der Waals surface area contributed by atoms with Crippen molar-refractivity contribution in [3.63, 3.8) is 0 Å². The van der Waals surface area contributed by atoms with E-state index in [1.54, 1.807) is 13.1 Å². The molecule has 1 amide bonds. The Labute approximate surface area is 107 Å². The van der Waals surface area contributed by atoms with Crippen molar-refractivity contribution in [2.75, 3.05) is 6.61 Å². The van der Waals surface area contributed by atoms with Crippen molar-refractivity contribution < 1.29 is 14.3 Å². The second-order valence-corrected chi connectivity index (χ2v) is 3.76. The molecule has 0 atom stereocenters. The summed E-state index contributed by atoms with van der Waals surface area (Å²) in [5, 5.41) is 2.75. The highest BCUT2D eigenvalue weighted by atomic mass is 16.5. The lowest BCUT2D eigenvalue weighted by molar-refractivity contribution is -0.143. The number of hydrogen-bond donors (Lipinski definition) is 1. The van der Waals surface area contributed by atoms with Crippen molar-refractivity contribution in [2.24, 2.45) is 0 Å². The number of carbonyl (C=O) groups excluding carboxylic acids is 2. The number of ether oxygens (including phenoxy) is 1. The van der Waals surface area contributed by atoms with Crippen LogP contribution in [-0.4, -0.2) is 23.5 Å². The number of amides is 1. The van der Waals surface area contributed by atoms with E-state index in [-0.39, 0.29) is 18.3 Å². The van der Waals surface area contributed by atoms with Gasteiger partial charge in [-0.05, 0) is 25.5 Å². The number of esters is 1. The number of aromatic nitrogens is 1. The van der Waals surface area contributed by atoms with E-state index in [4.69, 9.17) is 4.74 Å². The van der Waals surface area contributed by atoms with E-state index in [1.807, 2.05) is 18.2 Å². The smallest absolute Gasteiger partial charge is 0.305 e. The van der Waals surface area contributed by atoms with Crippen LogP contribution >= 0.6 is 0 Å². The molecule has 0 bridgehead atoms. The lowest BCUT2D eigenvalue weighted by Crippen LogP contribution is -2.23. The first-order valence-electron chi connectivity index (χ1n) is 6.04. The van der Waals surface area contributed by atoms with Crippen molar-refractivity contribution in [3.05, 3.63) is 30.1 Å². The van der Waals surface area contributed by atoms with Crippen LogP contribution in [0.15, 0.2) is 24.4 Å². The number of hydrogen-bond acceptors (Lipinski definition) is 4. The summed E-state index contributed by atoms with van der Waals surface area (Å²) in [5.41, 5.74) is 0.816. The van der Waals surface area contributed by atoms with Gasteiger partial charge >= 0.3 is 5.97 Å². The first-order chi connectivity index (χ1) is 8.72. The van der Waals surface area contributed by atoms with Gasteiger partial charge in [-0.25, -0.2) is 0 Å². The SMILES string of the molecule is CCOC(=O)CCCC(=O)NCc1ccccn1. The fraction of sp³-hybridized carbons (Fsp3) is 0.462. The van der Waals surface area contributed by atoms with Crippen molar-refractivity contribution in [1.82, 2.24) is 10.3 Å². The summed E-state index contributed by atoms with van der Waals surface area (Å²) >= 11 is 0. The topological polar surface area (TPSA) is 68.3 Å². The molecule has 0 aliphatic rings. The standard InChI is InChI=1S/C13H18N2O3/c1-2-18-13(17)8-5-7-12(16)15-10-11-6-3-4-9-14-11/h3-4,6,9H,2,5,7-8,10H2,1H3,(H,15,16). The zero-order valence-electron chi connectivity index (χ0n) is 10.5. The number of carbonyl (C=O) groups is 2. The quantitative estimate of drug-likeness (QED) is 0.743. The highest BCUT2D eigenvalue weighted by molar-refractivity contribution is 5.76. The van der Waals surface area contributed by atoms with Crippen molar-refractivity contribution >= 4 is 11.9 Å². The zero-order chi connectivity index (χ0) is 13.2. The van der Waals surface area contributed by atoms with Crippen LogP contribution in [0, 0.1) is 0 Å². The van der Waals surface area contributed by atoms with Gasteiger partial charge in [0.05, 0.1) is 18.8 Å². The van der Waals surface area contributed by atoms with E-state index >= 15 is 0 Å². The maximum Gasteiger partial charge on any atom is 0.305 e. The van der Waals surface area contributed by atoms with Gasteiger partial charge in [-0.1, -0.05) is 6.07 Å². The molecule has 0 saturated carbocycles. The molecule has 0 aliphatic heterocycles. The summed E-state index contributed by atoms with van der Waals surface area (Å²) in [7, 11) is 0. The highest BCUT2D eigenvalue weighted by Crippen LogP contribution is 1.99. The third kappa shape index (κ3) is 5.98. The third-order valence-corrected chi connectivity index (χ3v) is 2.28. The van der Waals surface area contributed by atoms with Gasteiger partial charge in [0.25, 0.3) is 0 Å². The Bertz CT molecular complexity index is 379. The molecule has 0 radical (unpaired) electrons. The van der Waals surface area contributed by atoms with Gasteiger partial charge in [-0.15, -0.1) is 0 Å². The Morgan fingerprint density at radius 3 is 2.83 bits per heavy atom. The second kappa shape index (κ2) is 8.22. The molecule has 0 aromatic carbocycles. The van der Waals surface area contributed by atoms with Crippen LogP contribution in [0.5, 0.6) is 0 Å². The Balaban J connectivity index is 2.13. The van der Waals surface area contributed by atoms with Crippen LogP contribution in [0.2, 0.25) is 0 Å². The fourth-order valence-corrected chi connectivity index (χ4v) is 1.41. The Hall–Kier alpha value is -1.91. The predicted molar refractivity (Wildman–Crippen MR) is 66.6 cm³/mol. The molecule has 5 heteroatoms. The maximum atomic E-state index is 11.5. The molecule has 98 valence electrons. The van der Waals surface area contributed by atoms with Crippen LogP contribution in [0.1, 0.15) is 31.9 Å². The minimum absolute atomic E-state index is 0.0787. The van der Waals surface area contributed by atoms with E-state index in [0.717, 1.165) is 5.69 Å². The molecule has 0 unspecified atom stereocenters. The molecule has 1 rings (SSSR count). The van der Waals surface area contributed by atoms with E-state index in [1.165, 1.54) is 0 Å². The summed E-state index contributed by atoms with van der Waals surface area (Å²) in [5.74, 6) is -0.333. The Kier molecular flexibility index (Phi) is 6.46. The molecule has 1 aromatic rings. The molecule has 0 saturated heterocycles. The highest BCUT2D eigenvalue weighted by Gasteiger charge is 2.05. The van der Waals surface area contributed by atoms with Crippen LogP contribution < -0.4 is 5.32 Å². The van der Waals surface area contributed by atoms with E-state index in [2.05, 4.69) is 10.3 Å². The van der Waals surface area contributed by atoms with Gasteiger partial charge in [0, 0.05) is 19.0 Å². The summed E-state index contributed by atoms with van der Waals surface area (Å²) in [6.45, 7) is 2.56. The summed E-state index contributed by atoms with van der Waals surface area (Å²) in [4.78, 5) is 26.6. The van der Waals surface area contributed by atoms with Crippen LogP contribution in [0.4, 0.5) is 0 Å². The summed E-state index contributed by atoms with van der Waals surface area (Å²) < 4.78 is 4.77. The fourth-order valence-electron chi connectivity index (χ4n) is 1.41. The zero-order valence-corrected chi connectivity index (χ0v) is 10.5.